The number of carbonyl (C=O) groups is 2. The first-order valence-corrected chi connectivity index (χ1v) is 20.4. The van der Waals surface area contributed by atoms with Crippen molar-refractivity contribution in [2.75, 3.05) is 0 Å². The lowest BCUT2D eigenvalue weighted by atomic mass is 9.84. The predicted molar refractivity (Wildman–Crippen MR) is 213 cm³/mol. The van der Waals surface area contributed by atoms with Gasteiger partial charge in [-0.05, 0) is 99.8 Å². The van der Waals surface area contributed by atoms with Crippen molar-refractivity contribution in [3.8, 4) is 23.0 Å². The van der Waals surface area contributed by atoms with Crippen molar-refractivity contribution in [1.29, 1.82) is 0 Å². The van der Waals surface area contributed by atoms with E-state index in [1.807, 2.05) is 13.8 Å². The van der Waals surface area contributed by atoms with E-state index in [-0.39, 0.29) is 46.1 Å². The highest BCUT2D eigenvalue weighted by molar-refractivity contribution is 6.44. The largest absolute Gasteiger partial charge is 0.508 e. The normalized spacial score (nSPS) is 15.1. The Morgan fingerprint density at radius 3 is 1.40 bits per heavy atom. The van der Waals surface area contributed by atoms with Crippen LogP contribution in [0.2, 0.25) is 0 Å². The maximum atomic E-state index is 11.9. The van der Waals surface area contributed by atoms with Crippen molar-refractivity contribution in [3.63, 3.8) is 0 Å². The average Bonchev–Trinajstić information content (AvgIpc) is 3.04. The number of benzene rings is 2. The second-order valence-electron chi connectivity index (χ2n) is 13.9. The summed E-state index contributed by atoms with van der Waals surface area (Å²) in [6.07, 6.45) is 6.33. The van der Waals surface area contributed by atoms with Crippen molar-refractivity contribution >= 4 is 70.2 Å². The summed E-state index contributed by atoms with van der Waals surface area (Å²) in [5.74, 6) is -1.27. The number of rotatable bonds is 25. The molecule has 0 spiro atoms. The Morgan fingerprint density at radius 1 is 0.566 bits per heavy atom. The third kappa shape index (κ3) is 17.8. The van der Waals surface area contributed by atoms with Crippen molar-refractivity contribution < 1.29 is 39.5 Å². The van der Waals surface area contributed by atoms with Crippen LogP contribution in [-0.4, -0.2) is 47.7 Å². The van der Waals surface area contributed by atoms with E-state index in [0.717, 1.165) is 32.1 Å². The highest BCUT2D eigenvalue weighted by Crippen LogP contribution is 2.44. The molecule has 2 aromatic rings. The quantitative estimate of drug-likeness (QED) is 0.0421. The molecule has 0 aliphatic carbocycles. The maximum Gasteiger partial charge on any atom is 0.405 e. The Bertz CT molecular complexity index is 1380. The molecular weight excluding hydrogens is 790 g/mol. The number of halogens is 5. The van der Waals surface area contributed by atoms with Crippen LogP contribution in [0.15, 0.2) is 30.3 Å². The van der Waals surface area contributed by atoms with Gasteiger partial charge in [0, 0.05) is 28.1 Å². The molecule has 0 aliphatic rings. The van der Waals surface area contributed by atoms with Gasteiger partial charge in [-0.2, -0.15) is 0 Å². The van der Waals surface area contributed by atoms with Gasteiger partial charge in [0.05, 0.1) is 0 Å². The molecule has 10 nitrogen and oxygen atoms in total. The minimum atomic E-state index is -0.978. The van der Waals surface area contributed by atoms with Gasteiger partial charge >= 0.3 is 12.2 Å². The van der Waals surface area contributed by atoms with Crippen LogP contribution in [0.1, 0.15) is 139 Å². The summed E-state index contributed by atoms with van der Waals surface area (Å²) in [6, 6.07) is 7.04. The number of unbranched alkanes of at least 4 members (excludes halogenated alkanes) is 2. The van der Waals surface area contributed by atoms with E-state index in [1.54, 1.807) is 0 Å². The predicted octanol–water partition coefficient (Wildman–Crippen LogP) is 11.5. The van der Waals surface area contributed by atoms with Crippen molar-refractivity contribution in [1.82, 2.24) is 0 Å². The molecule has 0 bridgehead atoms. The molecule has 0 aromatic heterocycles. The molecule has 0 heterocycles. The second kappa shape index (κ2) is 24.2. The molecule has 0 saturated heterocycles. The van der Waals surface area contributed by atoms with E-state index in [4.69, 9.17) is 78.9 Å². The van der Waals surface area contributed by atoms with E-state index < -0.39 is 34.1 Å². The summed E-state index contributed by atoms with van der Waals surface area (Å²) in [5, 5.41) is 42.7. The SMILES string of the molecule is C[C@@H](CCCCC(Cl)CCCC(Cl)Cl)[C@@H](OC(N)=O)c1cc(O)c(C(CCCC[C@H](C)[C@@H](OC(N)=O)c2cc(O)cc(O)c2)CCCC(Cl)Cl)c(O)c1. The number of phenols is 4. The fraction of sp³-hybridized carbons (Fsp3) is 0.632. The number of ether oxygens (including phenoxy) is 2. The van der Waals surface area contributed by atoms with Crippen LogP contribution in [0, 0.1) is 11.8 Å². The van der Waals surface area contributed by atoms with Crippen molar-refractivity contribution in [2.24, 2.45) is 23.3 Å². The van der Waals surface area contributed by atoms with Crippen LogP contribution in [0.5, 0.6) is 23.0 Å². The van der Waals surface area contributed by atoms with Crippen LogP contribution >= 0.6 is 58.0 Å². The molecule has 0 radical (unpaired) electrons. The molecule has 2 unspecified atom stereocenters. The van der Waals surface area contributed by atoms with E-state index in [0.29, 0.717) is 74.5 Å². The van der Waals surface area contributed by atoms with Gasteiger partial charge in [-0.25, -0.2) is 9.59 Å². The summed E-state index contributed by atoms with van der Waals surface area (Å²) in [4.78, 5) is 22.7. The van der Waals surface area contributed by atoms with Gasteiger partial charge in [-0.15, -0.1) is 58.0 Å². The van der Waals surface area contributed by atoms with E-state index in [1.165, 1.54) is 30.3 Å². The minimum absolute atomic E-state index is 0.0143. The number of primary amides is 2. The van der Waals surface area contributed by atoms with Gasteiger partial charge in [-0.1, -0.05) is 46.0 Å². The van der Waals surface area contributed by atoms with Gasteiger partial charge in [0.25, 0.3) is 0 Å². The standard InChI is InChI=1S/C38H55Cl5N2O8/c1-22(35(52-37(44)50)25-17-28(46)21-29(47)18-25)9-3-5-11-24(12-7-15-32(40)41)34-30(48)19-26(20-31(34)49)36(53-38(45)51)23(2)10-4-6-13-27(39)14-8-16-33(42)43/h17-24,27,32-33,35-36,46-49H,3-16H2,1-2H3,(H2,44,50)(H2,45,51)/t22-,23-,24?,27?,35+,36+/m0/s1. The van der Waals surface area contributed by atoms with E-state index in [9.17, 15) is 30.0 Å². The lowest BCUT2D eigenvalue weighted by Gasteiger charge is -2.26. The smallest absolute Gasteiger partial charge is 0.405 e. The number of hydrogen-bond acceptors (Lipinski definition) is 8. The van der Waals surface area contributed by atoms with Gasteiger partial charge < -0.3 is 41.4 Å². The highest BCUT2D eigenvalue weighted by Gasteiger charge is 2.28. The molecule has 8 N–H and O–H groups in total. The molecule has 0 aliphatic heterocycles. The number of phenolic OH excluding ortho intramolecular Hbond substituents is 4. The lowest BCUT2D eigenvalue weighted by molar-refractivity contribution is 0.0685. The first-order chi connectivity index (χ1) is 25.0. The number of aromatic hydroxyl groups is 4. The number of hydrogen-bond donors (Lipinski definition) is 6. The molecule has 53 heavy (non-hydrogen) atoms. The summed E-state index contributed by atoms with van der Waals surface area (Å²) in [7, 11) is 0. The summed E-state index contributed by atoms with van der Waals surface area (Å²) in [6.45, 7) is 3.81. The Balaban J connectivity index is 2.16. The molecule has 300 valence electrons. The monoisotopic (exact) mass is 842 g/mol. The zero-order valence-electron chi connectivity index (χ0n) is 30.4. The van der Waals surface area contributed by atoms with Crippen molar-refractivity contribution in [2.45, 2.75) is 137 Å². The zero-order valence-corrected chi connectivity index (χ0v) is 34.2. The fourth-order valence-electron chi connectivity index (χ4n) is 6.87. The number of nitrogens with two attached hydrogens (primary N) is 2. The van der Waals surface area contributed by atoms with Crippen LogP contribution in [-0.2, 0) is 9.47 Å². The molecule has 6 atom stereocenters. The van der Waals surface area contributed by atoms with E-state index >= 15 is 0 Å². The second-order valence-corrected chi connectivity index (χ2v) is 17.1. The lowest BCUT2D eigenvalue weighted by Crippen LogP contribution is -2.22. The summed E-state index contributed by atoms with van der Waals surface area (Å²) in [5.41, 5.74) is 12.0. The molecule has 2 rings (SSSR count). The first-order valence-electron chi connectivity index (χ1n) is 18.2. The first kappa shape index (κ1) is 46.8. The Labute approximate surface area is 338 Å². The number of alkyl halides is 5. The van der Waals surface area contributed by atoms with Crippen LogP contribution < -0.4 is 11.5 Å². The molecule has 2 aromatic carbocycles. The third-order valence-electron chi connectivity index (χ3n) is 9.47. The minimum Gasteiger partial charge on any atom is -0.508 e. The molecule has 0 saturated carbocycles. The average molecular weight is 845 g/mol. The van der Waals surface area contributed by atoms with Crippen molar-refractivity contribution in [3.05, 3.63) is 47.0 Å². The Morgan fingerprint density at radius 2 is 0.943 bits per heavy atom. The topological polar surface area (TPSA) is 186 Å². The van der Waals surface area contributed by atoms with Gasteiger partial charge in [0.15, 0.2) is 0 Å². The Hall–Kier alpha value is -2.37. The molecule has 0 fully saturated rings. The molecular formula is C38H55Cl5N2O8. The van der Waals surface area contributed by atoms with Crippen LogP contribution in [0.3, 0.4) is 0 Å². The maximum absolute atomic E-state index is 11.9. The molecule has 15 heteroatoms. The van der Waals surface area contributed by atoms with Crippen LogP contribution in [0.4, 0.5) is 9.59 Å². The summed E-state index contributed by atoms with van der Waals surface area (Å²) < 4.78 is 10.9. The molecule has 2 amide bonds. The van der Waals surface area contributed by atoms with Gasteiger partial charge in [-0.3, -0.25) is 0 Å². The van der Waals surface area contributed by atoms with Crippen LogP contribution in [0.25, 0.3) is 0 Å². The van der Waals surface area contributed by atoms with Gasteiger partial charge in [0.2, 0.25) is 0 Å². The summed E-state index contributed by atoms with van der Waals surface area (Å²) >= 11 is 30.1. The fourth-order valence-corrected chi connectivity index (χ4v) is 7.79. The van der Waals surface area contributed by atoms with Gasteiger partial charge in [0.1, 0.15) is 44.9 Å². The third-order valence-corrected chi connectivity index (χ3v) is 10.8. The zero-order chi connectivity index (χ0) is 39.7. The number of amides is 2. The van der Waals surface area contributed by atoms with E-state index in [2.05, 4.69) is 0 Å². The highest BCUT2D eigenvalue weighted by atomic mass is 35.5. The Kier molecular flexibility index (Phi) is 21.4. The number of carbonyl (C=O) groups excluding carboxylic acids is 2.